The largest absolute Gasteiger partial charge is 0.490 e. The summed E-state index contributed by atoms with van der Waals surface area (Å²) in [7, 11) is 1.62. The second kappa shape index (κ2) is 11.0. The van der Waals surface area contributed by atoms with Crippen molar-refractivity contribution < 1.29 is 23.5 Å². The maximum absolute atomic E-state index is 6.19. The molecule has 194 valence electrons. The first kappa shape index (κ1) is 26.1. The molecule has 3 aromatic rings. The summed E-state index contributed by atoms with van der Waals surface area (Å²) in [6, 6.07) is 7.95. The molecule has 1 fully saturated rings. The Morgan fingerprint density at radius 1 is 1.06 bits per heavy atom. The molecule has 2 aromatic heterocycles. The number of benzene rings is 1. The summed E-state index contributed by atoms with van der Waals surface area (Å²) in [6.07, 6.45) is 2.71. The first-order valence-electron chi connectivity index (χ1n) is 12.7. The van der Waals surface area contributed by atoms with Gasteiger partial charge in [0.05, 0.1) is 13.7 Å². The number of rotatable bonds is 10. The number of aromatic nitrogens is 3. The Kier molecular flexibility index (Phi) is 7.95. The van der Waals surface area contributed by atoms with E-state index in [1.807, 2.05) is 39.0 Å². The van der Waals surface area contributed by atoms with Gasteiger partial charge in [0.25, 0.3) is 5.89 Å². The van der Waals surface area contributed by atoms with Gasteiger partial charge in [0, 0.05) is 28.8 Å². The van der Waals surface area contributed by atoms with Gasteiger partial charge in [-0.3, -0.25) is 0 Å². The fraction of sp³-hybridized carbons (Fsp3) is 0.536. The summed E-state index contributed by atoms with van der Waals surface area (Å²) >= 11 is 0. The van der Waals surface area contributed by atoms with E-state index in [2.05, 4.69) is 37.0 Å². The maximum atomic E-state index is 6.19. The average Bonchev–Trinajstić information content (AvgIpc) is 3.50. The summed E-state index contributed by atoms with van der Waals surface area (Å²) in [6.45, 7) is 13.3. The molecule has 1 unspecified atom stereocenters. The molecule has 1 aliphatic rings. The molecule has 8 nitrogen and oxygen atoms in total. The Labute approximate surface area is 213 Å². The van der Waals surface area contributed by atoms with Crippen LogP contribution in [0.15, 0.2) is 28.8 Å². The highest BCUT2D eigenvalue weighted by molar-refractivity contribution is 5.64. The quantitative estimate of drug-likeness (QED) is 0.333. The lowest BCUT2D eigenvalue weighted by molar-refractivity contribution is -0.141. The Balaban J connectivity index is 1.58. The fourth-order valence-corrected chi connectivity index (χ4v) is 4.59. The average molecular weight is 496 g/mol. The van der Waals surface area contributed by atoms with Gasteiger partial charge in [0.15, 0.2) is 5.79 Å². The van der Waals surface area contributed by atoms with E-state index in [1.54, 1.807) is 7.11 Å². The summed E-state index contributed by atoms with van der Waals surface area (Å²) in [5.74, 6) is 2.16. The topological polar surface area (TPSA) is 88.7 Å². The molecule has 0 aliphatic carbocycles. The summed E-state index contributed by atoms with van der Waals surface area (Å²) < 4.78 is 28.9. The second-order valence-corrected chi connectivity index (χ2v) is 9.66. The van der Waals surface area contributed by atoms with Gasteiger partial charge in [-0.15, -0.1) is 0 Å². The lowest BCUT2D eigenvalue weighted by Gasteiger charge is -2.19. The molecule has 0 N–H and O–H groups in total. The van der Waals surface area contributed by atoms with Crippen molar-refractivity contribution in [1.82, 2.24) is 15.1 Å². The number of aryl methyl sites for hydroxylation is 2. The van der Waals surface area contributed by atoms with Crippen molar-refractivity contribution in [3.8, 4) is 34.5 Å². The third-order valence-electron chi connectivity index (χ3n) is 6.58. The van der Waals surface area contributed by atoms with Crippen molar-refractivity contribution in [2.75, 3.05) is 20.3 Å². The predicted octanol–water partition coefficient (Wildman–Crippen LogP) is 6.11. The minimum Gasteiger partial charge on any atom is -0.490 e. The lowest BCUT2D eigenvalue weighted by atomic mass is 9.97. The van der Waals surface area contributed by atoms with Crippen LogP contribution >= 0.6 is 0 Å². The number of nitrogens with zero attached hydrogens (tertiary/aromatic N) is 3. The van der Waals surface area contributed by atoms with Gasteiger partial charge in [-0.05, 0) is 69.4 Å². The van der Waals surface area contributed by atoms with E-state index in [0.29, 0.717) is 36.7 Å². The maximum Gasteiger partial charge on any atom is 0.258 e. The van der Waals surface area contributed by atoms with Gasteiger partial charge in [-0.1, -0.05) is 25.9 Å². The Bertz CT molecular complexity index is 1190. The van der Waals surface area contributed by atoms with Gasteiger partial charge in [-0.25, -0.2) is 4.98 Å². The second-order valence-electron chi connectivity index (χ2n) is 9.66. The van der Waals surface area contributed by atoms with Crippen LogP contribution in [-0.2, 0) is 15.9 Å². The molecule has 0 saturated carbocycles. The van der Waals surface area contributed by atoms with Crippen molar-refractivity contribution in [2.45, 2.75) is 78.6 Å². The van der Waals surface area contributed by atoms with E-state index in [-0.39, 0.29) is 6.10 Å². The molecule has 0 bridgehead atoms. The molecular formula is C28H37N3O5. The number of hydrogen-bond acceptors (Lipinski definition) is 8. The zero-order valence-electron chi connectivity index (χ0n) is 22.4. The van der Waals surface area contributed by atoms with Gasteiger partial charge in [0.1, 0.15) is 18.5 Å². The minimum absolute atomic E-state index is 0.0918. The molecule has 0 radical (unpaired) electrons. The molecular weight excluding hydrogens is 458 g/mol. The zero-order chi connectivity index (χ0) is 25.9. The zero-order valence-corrected chi connectivity index (χ0v) is 22.4. The molecule has 0 spiro atoms. The molecule has 36 heavy (non-hydrogen) atoms. The first-order valence-corrected chi connectivity index (χ1v) is 12.7. The lowest BCUT2D eigenvalue weighted by Crippen LogP contribution is -2.25. The van der Waals surface area contributed by atoms with Gasteiger partial charge in [-0.2, -0.15) is 4.98 Å². The molecule has 1 atom stereocenters. The number of hydrogen-bond donors (Lipinski definition) is 0. The fourth-order valence-electron chi connectivity index (χ4n) is 4.59. The molecule has 4 rings (SSSR count). The van der Waals surface area contributed by atoms with Crippen LogP contribution in [0.1, 0.15) is 70.2 Å². The van der Waals surface area contributed by atoms with Crippen molar-refractivity contribution in [3.63, 3.8) is 0 Å². The van der Waals surface area contributed by atoms with Gasteiger partial charge in [0.2, 0.25) is 11.7 Å². The highest BCUT2D eigenvalue weighted by Gasteiger charge is 2.33. The van der Waals surface area contributed by atoms with Crippen LogP contribution in [0.5, 0.6) is 11.6 Å². The van der Waals surface area contributed by atoms with E-state index in [9.17, 15) is 0 Å². The van der Waals surface area contributed by atoms with Crippen molar-refractivity contribution in [1.29, 1.82) is 0 Å². The monoisotopic (exact) mass is 495 g/mol. The normalized spacial score (nSPS) is 17.1. The first-order chi connectivity index (χ1) is 17.3. The third kappa shape index (κ3) is 5.71. The molecule has 1 saturated heterocycles. The molecule has 0 amide bonds. The Morgan fingerprint density at radius 3 is 2.47 bits per heavy atom. The number of methoxy groups -OCH3 is 1. The van der Waals surface area contributed by atoms with Crippen LogP contribution in [0.2, 0.25) is 0 Å². The minimum atomic E-state index is -0.565. The predicted molar refractivity (Wildman–Crippen MR) is 137 cm³/mol. The Morgan fingerprint density at radius 2 is 1.83 bits per heavy atom. The van der Waals surface area contributed by atoms with Crippen LogP contribution in [-0.4, -0.2) is 47.3 Å². The van der Waals surface area contributed by atoms with Crippen molar-refractivity contribution >= 4 is 0 Å². The molecule has 1 aromatic carbocycles. The molecule has 1 aliphatic heterocycles. The van der Waals surface area contributed by atoms with E-state index >= 15 is 0 Å². The van der Waals surface area contributed by atoms with Crippen molar-refractivity contribution in [2.24, 2.45) is 0 Å². The molecule has 3 heterocycles. The third-order valence-corrected chi connectivity index (χ3v) is 6.58. The van der Waals surface area contributed by atoms with Crippen LogP contribution < -0.4 is 9.47 Å². The summed E-state index contributed by atoms with van der Waals surface area (Å²) in [4.78, 5) is 9.35. The van der Waals surface area contributed by atoms with E-state index in [0.717, 1.165) is 53.0 Å². The van der Waals surface area contributed by atoms with Crippen LogP contribution in [0, 0.1) is 6.92 Å². The van der Waals surface area contributed by atoms with E-state index < -0.39 is 5.79 Å². The number of ether oxygens (including phenoxy) is 4. The van der Waals surface area contributed by atoms with Gasteiger partial charge >= 0.3 is 0 Å². The van der Waals surface area contributed by atoms with E-state index in [1.165, 1.54) is 0 Å². The van der Waals surface area contributed by atoms with E-state index in [4.69, 9.17) is 28.5 Å². The summed E-state index contributed by atoms with van der Waals surface area (Å²) in [5.41, 5.74) is 4.75. The van der Waals surface area contributed by atoms with Crippen molar-refractivity contribution in [3.05, 3.63) is 41.1 Å². The Hall–Kier alpha value is -2.97. The highest BCUT2D eigenvalue weighted by atomic mass is 16.7. The van der Waals surface area contributed by atoms with Crippen LogP contribution in [0.25, 0.3) is 22.8 Å². The molecule has 8 heteroatoms. The smallest absolute Gasteiger partial charge is 0.258 e. The number of pyridine rings is 1. The standard InChI is InChI=1S/C28H37N3O5/c1-8-18(9-2)23-13-21(14-24(29-23)32-7)27-30-26(31-36-27)20-11-17(4)25(19(10-3)12-20)33-15-22-16-34-28(5,6)35-22/h11-14,18,22H,8-10,15-16H2,1-7H3. The van der Waals surface area contributed by atoms with Gasteiger partial charge < -0.3 is 23.5 Å². The highest BCUT2D eigenvalue weighted by Crippen LogP contribution is 2.33. The van der Waals surface area contributed by atoms with Crippen LogP contribution in [0.3, 0.4) is 0 Å². The summed E-state index contributed by atoms with van der Waals surface area (Å²) in [5, 5.41) is 4.28. The van der Waals surface area contributed by atoms with Crippen LogP contribution in [0.4, 0.5) is 0 Å². The SMILES string of the molecule is CCc1cc(-c2noc(-c3cc(OC)nc(C(CC)CC)c3)n2)cc(C)c1OCC1COC(C)(C)O1.